The first-order valence-corrected chi connectivity index (χ1v) is 7.08. The van der Waals surface area contributed by atoms with Crippen molar-refractivity contribution in [1.82, 2.24) is 0 Å². The number of nitrogens with two attached hydrogens (primary N) is 1. The molecule has 0 aliphatic carbocycles. The van der Waals surface area contributed by atoms with Gasteiger partial charge in [0.2, 0.25) is 0 Å². The van der Waals surface area contributed by atoms with Gasteiger partial charge in [0.05, 0.1) is 11.4 Å². The third-order valence-electron chi connectivity index (χ3n) is 3.99. The van der Waals surface area contributed by atoms with E-state index >= 15 is 0 Å². The van der Waals surface area contributed by atoms with Gasteiger partial charge in [-0.15, -0.1) is 0 Å². The Morgan fingerprint density at radius 2 is 1.75 bits per heavy atom. The van der Waals surface area contributed by atoms with E-state index in [4.69, 9.17) is 5.73 Å². The highest BCUT2D eigenvalue weighted by Gasteiger charge is 2.22. The Bertz CT molecular complexity index is 621. The molecule has 1 heterocycles. The molecule has 3 rings (SSSR count). The van der Waals surface area contributed by atoms with Crippen LogP contribution in [0.2, 0.25) is 0 Å². The number of anilines is 3. The van der Waals surface area contributed by atoms with E-state index in [9.17, 15) is 0 Å². The largest absolute Gasteiger partial charge is 0.371 e. The van der Waals surface area contributed by atoms with Crippen molar-refractivity contribution >= 4 is 17.1 Å². The molecule has 2 N–H and O–H groups in total. The minimum absolute atomic E-state index is 0.575. The fourth-order valence-corrected chi connectivity index (χ4v) is 2.90. The SMILES string of the molecule is Cc1ccc(N2CCN(C)c3ccccc32)c(CN)c1. The summed E-state index contributed by atoms with van der Waals surface area (Å²) in [5.74, 6) is 0. The van der Waals surface area contributed by atoms with E-state index in [2.05, 4.69) is 66.2 Å². The molecule has 0 fully saturated rings. The Morgan fingerprint density at radius 3 is 2.50 bits per heavy atom. The van der Waals surface area contributed by atoms with Crippen molar-refractivity contribution in [3.05, 3.63) is 53.6 Å². The highest BCUT2D eigenvalue weighted by Crippen LogP contribution is 2.38. The third-order valence-corrected chi connectivity index (χ3v) is 3.99. The van der Waals surface area contributed by atoms with Crippen LogP contribution in [0.25, 0.3) is 0 Å². The van der Waals surface area contributed by atoms with Gasteiger partial charge in [-0.05, 0) is 30.7 Å². The normalized spacial score (nSPS) is 14.3. The highest BCUT2D eigenvalue weighted by molar-refractivity contribution is 5.80. The molecule has 0 aromatic heterocycles. The lowest BCUT2D eigenvalue weighted by atomic mass is 10.1. The van der Waals surface area contributed by atoms with Gasteiger partial charge in [0, 0.05) is 32.4 Å². The van der Waals surface area contributed by atoms with Gasteiger partial charge >= 0.3 is 0 Å². The van der Waals surface area contributed by atoms with E-state index < -0.39 is 0 Å². The summed E-state index contributed by atoms with van der Waals surface area (Å²) in [4.78, 5) is 4.69. The number of benzene rings is 2. The lowest BCUT2D eigenvalue weighted by Crippen LogP contribution is -2.36. The van der Waals surface area contributed by atoms with E-state index in [0.717, 1.165) is 13.1 Å². The maximum absolute atomic E-state index is 5.94. The van der Waals surface area contributed by atoms with Crippen LogP contribution in [-0.4, -0.2) is 20.1 Å². The average Bonchev–Trinajstić information content (AvgIpc) is 2.48. The van der Waals surface area contributed by atoms with Crippen molar-refractivity contribution in [2.75, 3.05) is 29.9 Å². The molecule has 1 aliphatic heterocycles. The van der Waals surface area contributed by atoms with Crippen LogP contribution in [0.5, 0.6) is 0 Å². The summed E-state index contributed by atoms with van der Waals surface area (Å²) in [6.45, 7) is 4.70. The van der Waals surface area contributed by atoms with Crippen LogP contribution in [-0.2, 0) is 6.54 Å². The van der Waals surface area contributed by atoms with Crippen molar-refractivity contribution in [3.8, 4) is 0 Å². The Labute approximate surface area is 120 Å². The minimum atomic E-state index is 0.575. The van der Waals surface area contributed by atoms with Crippen LogP contribution in [0.15, 0.2) is 42.5 Å². The van der Waals surface area contributed by atoms with Crippen molar-refractivity contribution in [3.63, 3.8) is 0 Å². The number of rotatable bonds is 2. The van der Waals surface area contributed by atoms with Gasteiger partial charge in [-0.2, -0.15) is 0 Å². The second kappa shape index (κ2) is 5.17. The lowest BCUT2D eigenvalue weighted by molar-refractivity contribution is 0.817. The Hall–Kier alpha value is -2.00. The average molecular weight is 267 g/mol. The molecule has 1 aliphatic rings. The predicted octanol–water partition coefficient (Wildman–Crippen LogP) is 3.04. The highest BCUT2D eigenvalue weighted by atomic mass is 15.3. The van der Waals surface area contributed by atoms with Crippen LogP contribution in [0, 0.1) is 6.92 Å². The molecule has 0 saturated heterocycles. The molecule has 2 aromatic rings. The van der Waals surface area contributed by atoms with Gasteiger partial charge < -0.3 is 15.5 Å². The lowest BCUT2D eigenvalue weighted by Gasteiger charge is -2.37. The Morgan fingerprint density at radius 1 is 1.00 bits per heavy atom. The van der Waals surface area contributed by atoms with Crippen molar-refractivity contribution < 1.29 is 0 Å². The Balaban J connectivity index is 2.10. The quantitative estimate of drug-likeness (QED) is 0.907. The molecule has 3 heteroatoms. The zero-order valence-electron chi connectivity index (χ0n) is 12.1. The van der Waals surface area contributed by atoms with Gasteiger partial charge in [0.1, 0.15) is 0 Å². The summed E-state index contributed by atoms with van der Waals surface area (Å²) in [5, 5.41) is 0. The zero-order chi connectivity index (χ0) is 14.1. The number of hydrogen-bond acceptors (Lipinski definition) is 3. The minimum Gasteiger partial charge on any atom is -0.371 e. The summed E-state index contributed by atoms with van der Waals surface area (Å²) in [7, 11) is 2.15. The first-order valence-electron chi connectivity index (χ1n) is 7.08. The fourth-order valence-electron chi connectivity index (χ4n) is 2.90. The van der Waals surface area contributed by atoms with Crippen LogP contribution >= 0.6 is 0 Å². The molecular formula is C17H21N3. The van der Waals surface area contributed by atoms with Crippen LogP contribution in [0.4, 0.5) is 17.1 Å². The number of nitrogens with zero attached hydrogens (tertiary/aromatic N) is 2. The van der Waals surface area contributed by atoms with Crippen LogP contribution < -0.4 is 15.5 Å². The van der Waals surface area contributed by atoms with E-state index in [1.165, 1.54) is 28.2 Å². The van der Waals surface area contributed by atoms with Crippen LogP contribution in [0.1, 0.15) is 11.1 Å². The van der Waals surface area contributed by atoms with E-state index in [1.807, 2.05) is 0 Å². The smallest absolute Gasteiger partial charge is 0.0649 e. The Kier molecular flexibility index (Phi) is 3.36. The maximum atomic E-state index is 5.94. The molecule has 0 bridgehead atoms. The first-order chi connectivity index (χ1) is 9.70. The molecule has 0 spiro atoms. The number of hydrogen-bond donors (Lipinski definition) is 1. The summed E-state index contributed by atoms with van der Waals surface area (Å²) >= 11 is 0. The molecule has 0 amide bonds. The zero-order valence-corrected chi connectivity index (χ0v) is 12.1. The molecule has 0 atom stereocenters. The van der Waals surface area contributed by atoms with Gasteiger partial charge in [-0.3, -0.25) is 0 Å². The predicted molar refractivity (Wildman–Crippen MR) is 85.8 cm³/mol. The number of likely N-dealkylation sites (N-methyl/N-ethyl adjacent to an activating group) is 1. The number of fused-ring (bicyclic) bond motifs is 1. The molecular weight excluding hydrogens is 246 g/mol. The molecule has 20 heavy (non-hydrogen) atoms. The van der Waals surface area contributed by atoms with E-state index in [-0.39, 0.29) is 0 Å². The fraction of sp³-hybridized carbons (Fsp3) is 0.294. The van der Waals surface area contributed by atoms with Crippen molar-refractivity contribution in [2.24, 2.45) is 5.73 Å². The van der Waals surface area contributed by atoms with Gasteiger partial charge in [-0.25, -0.2) is 0 Å². The summed E-state index contributed by atoms with van der Waals surface area (Å²) in [6.07, 6.45) is 0. The van der Waals surface area contributed by atoms with E-state index in [1.54, 1.807) is 0 Å². The molecule has 3 nitrogen and oxygen atoms in total. The molecule has 0 radical (unpaired) electrons. The summed E-state index contributed by atoms with van der Waals surface area (Å²) in [5.41, 5.74) is 12.2. The second-order valence-electron chi connectivity index (χ2n) is 5.40. The summed E-state index contributed by atoms with van der Waals surface area (Å²) < 4.78 is 0. The standard InChI is InChI=1S/C17H21N3/c1-13-7-8-15(14(11-13)12-18)20-10-9-19(2)16-5-3-4-6-17(16)20/h3-8,11H,9-10,12,18H2,1-2H3. The van der Waals surface area contributed by atoms with Crippen LogP contribution in [0.3, 0.4) is 0 Å². The van der Waals surface area contributed by atoms with Gasteiger partial charge in [0.15, 0.2) is 0 Å². The molecule has 104 valence electrons. The van der Waals surface area contributed by atoms with Crippen molar-refractivity contribution in [1.29, 1.82) is 0 Å². The number of aryl methyl sites for hydroxylation is 1. The monoisotopic (exact) mass is 267 g/mol. The maximum Gasteiger partial charge on any atom is 0.0649 e. The van der Waals surface area contributed by atoms with E-state index in [0.29, 0.717) is 6.54 Å². The second-order valence-corrected chi connectivity index (χ2v) is 5.40. The topological polar surface area (TPSA) is 32.5 Å². The van der Waals surface area contributed by atoms with Gasteiger partial charge in [-0.1, -0.05) is 29.8 Å². The first kappa shape index (κ1) is 13.0. The molecule has 0 unspecified atom stereocenters. The number of para-hydroxylation sites is 2. The summed E-state index contributed by atoms with van der Waals surface area (Å²) in [6, 6.07) is 15.1. The molecule has 0 saturated carbocycles. The molecule has 2 aromatic carbocycles. The third kappa shape index (κ3) is 2.14. The van der Waals surface area contributed by atoms with Crippen molar-refractivity contribution in [2.45, 2.75) is 13.5 Å². The van der Waals surface area contributed by atoms with Gasteiger partial charge in [0.25, 0.3) is 0 Å².